The van der Waals surface area contributed by atoms with E-state index >= 15 is 0 Å². The molecule has 0 atom stereocenters. The Morgan fingerprint density at radius 1 is 1.22 bits per heavy atom. The molecule has 0 unspecified atom stereocenters. The number of fused-ring (bicyclic) bond motifs is 3. The van der Waals surface area contributed by atoms with Gasteiger partial charge >= 0.3 is 0 Å². The highest BCUT2D eigenvalue weighted by molar-refractivity contribution is 6.11. The molecule has 0 aliphatic rings. The van der Waals surface area contributed by atoms with E-state index in [1.807, 2.05) is 24.3 Å². The summed E-state index contributed by atoms with van der Waals surface area (Å²) in [5, 5.41) is 11.1. The van der Waals surface area contributed by atoms with Crippen molar-refractivity contribution in [3.63, 3.8) is 0 Å². The van der Waals surface area contributed by atoms with Crippen LogP contribution in [0.3, 0.4) is 0 Å². The molecule has 0 fully saturated rings. The van der Waals surface area contributed by atoms with Gasteiger partial charge in [-0.1, -0.05) is 18.2 Å². The van der Waals surface area contributed by atoms with Gasteiger partial charge in [0.25, 0.3) is 0 Å². The molecule has 2 aromatic carbocycles. The Hall–Kier alpha value is -2.20. The maximum absolute atomic E-state index is 9.04. The van der Waals surface area contributed by atoms with Crippen LogP contribution < -0.4 is 10.6 Å². The summed E-state index contributed by atoms with van der Waals surface area (Å²) in [5.74, 6) is 0.392. The zero-order valence-electron chi connectivity index (χ0n) is 10.1. The Labute approximate surface area is 104 Å². The van der Waals surface area contributed by atoms with Crippen LogP contribution in [0, 0.1) is 0 Å². The quantitative estimate of drug-likeness (QED) is 0.412. The molecule has 1 heterocycles. The van der Waals surface area contributed by atoms with Crippen molar-refractivity contribution in [2.45, 2.75) is 13.5 Å². The minimum atomic E-state index is 0.392. The smallest absolute Gasteiger partial charge is 0.191 e. The topological polar surface area (TPSA) is 60.4 Å². The largest absolute Gasteiger partial charge is 0.399 e. The molecule has 3 rings (SSSR count). The third kappa shape index (κ3) is 1.36. The first-order valence-corrected chi connectivity index (χ1v) is 5.88. The fourth-order valence-electron chi connectivity index (χ4n) is 2.57. The van der Waals surface area contributed by atoms with Gasteiger partial charge < -0.3 is 15.2 Å². The van der Waals surface area contributed by atoms with Gasteiger partial charge in [-0.05, 0) is 19.1 Å². The first-order chi connectivity index (χ1) is 8.76. The van der Waals surface area contributed by atoms with Gasteiger partial charge in [-0.15, -0.1) is 0 Å². The highest BCUT2D eigenvalue weighted by Crippen LogP contribution is 2.36. The summed E-state index contributed by atoms with van der Waals surface area (Å²) >= 11 is 0. The molecular formula is C14H14N2O2. The molecule has 18 heavy (non-hydrogen) atoms. The van der Waals surface area contributed by atoms with Crippen LogP contribution in [0.2, 0.25) is 0 Å². The Morgan fingerprint density at radius 3 is 2.72 bits per heavy atom. The standard InChI is InChI=1S/C14H14N2O2/c1-2-16-12-6-4-3-5-10(12)11-7-9(15)8-13(18-17)14(11)16/h3-8,17H,2,15H2,1H3. The normalized spacial score (nSPS) is 11.2. The lowest BCUT2D eigenvalue weighted by atomic mass is 10.1. The molecule has 0 saturated carbocycles. The number of nitrogen functional groups attached to an aromatic ring is 1. The number of hydrogen-bond acceptors (Lipinski definition) is 3. The van der Waals surface area contributed by atoms with Crippen molar-refractivity contribution in [1.29, 1.82) is 0 Å². The molecule has 0 radical (unpaired) electrons. The lowest BCUT2D eigenvalue weighted by molar-refractivity contribution is -0.136. The zero-order chi connectivity index (χ0) is 12.7. The maximum atomic E-state index is 9.04. The van der Waals surface area contributed by atoms with E-state index in [2.05, 4.69) is 22.4 Å². The number of aromatic nitrogens is 1. The molecule has 4 nitrogen and oxygen atoms in total. The highest BCUT2D eigenvalue weighted by atomic mass is 17.1. The van der Waals surface area contributed by atoms with E-state index in [9.17, 15) is 0 Å². The highest BCUT2D eigenvalue weighted by Gasteiger charge is 2.14. The van der Waals surface area contributed by atoms with Crippen LogP contribution in [-0.2, 0) is 6.54 Å². The van der Waals surface area contributed by atoms with Crippen LogP contribution in [0.1, 0.15) is 6.92 Å². The number of aryl methyl sites for hydroxylation is 1. The van der Waals surface area contributed by atoms with Crippen LogP contribution in [0.15, 0.2) is 36.4 Å². The minimum absolute atomic E-state index is 0.392. The number of hydrogen-bond donors (Lipinski definition) is 2. The van der Waals surface area contributed by atoms with E-state index in [1.54, 1.807) is 6.07 Å². The second-order valence-corrected chi connectivity index (χ2v) is 4.27. The van der Waals surface area contributed by atoms with Crippen molar-refractivity contribution in [3.05, 3.63) is 36.4 Å². The Kier molecular flexibility index (Phi) is 2.38. The summed E-state index contributed by atoms with van der Waals surface area (Å²) < 4.78 is 2.11. The lowest BCUT2D eigenvalue weighted by Gasteiger charge is -2.06. The third-order valence-electron chi connectivity index (χ3n) is 3.27. The Balaban J connectivity index is 2.59. The summed E-state index contributed by atoms with van der Waals surface area (Å²) in [4.78, 5) is 4.48. The predicted octanol–water partition coefficient (Wildman–Crippen LogP) is 3.25. The Bertz CT molecular complexity index is 731. The molecule has 0 aliphatic carbocycles. The molecular weight excluding hydrogens is 228 g/mol. The molecule has 3 N–H and O–H groups in total. The lowest BCUT2D eigenvalue weighted by Crippen LogP contribution is -1.97. The second kappa shape index (κ2) is 3.92. The van der Waals surface area contributed by atoms with E-state index < -0.39 is 0 Å². The van der Waals surface area contributed by atoms with E-state index in [0.29, 0.717) is 11.4 Å². The van der Waals surface area contributed by atoms with E-state index in [4.69, 9.17) is 11.0 Å². The van der Waals surface area contributed by atoms with Crippen molar-refractivity contribution in [2.75, 3.05) is 5.73 Å². The van der Waals surface area contributed by atoms with Crippen molar-refractivity contribution < 1.29 is 10.1 Å². The molecule has 4 heteroatoms. The molecule has 3 aromatic rings. The zero-order valence-corrected chi connectivity index (χ0v) is 10.1. The molecule has 92 valence electrons. The van der Waals surface area contributed by atoms with Crippen LogP contribution in [0.5, 0.6) is 5.75 Å². The molecule has 0 aliphatic heterocycles. The minimum Gasteiger partial charge on any atom is -0.399 e. The first-order valence-electron chi connectivity index (χ1n) is 5.88. The van der Waals surface area contributed by atoms with E-state index in [-0.39, 0.29) is 0 Å². The molecule has 0 amide bonds. The number of anilines is 1. The van der Waals surface area contributed by atoms with Gasteiger partial charge in [0.05, 0.1) is 5.52 Å². The van der Waals surface area contributed by atoms with E-state index in [1.165, 1.54) is 0 Å². The van der Waals surface area contributed by atoms with Gasteiger partial charge in [0, 0.05) is 34.6 Å². The van der Waals surface area contributed by atoms with Crippen LogP contribution in [0.4, 0.5) is 5.69 Å². The Morgan fingerprint density at radius 2 is 2.00 bits per heavy atom. The molecule has 0 bridgehead atoms. The summed E-state index contributed by atoms with van der Waals surface area (Å²) in [6.45, 7) is 2.85. The van der Waals surface area contributed by atoms with Crippen molar-refractivity contribution in [3.8, 4) is 5.75 Å². The maximum Gasteiger partial charge on any atom is 0.191 e. The second-order valence-electron chi connectivity index (χ2n) is 4.27. The van der Waals surface area contributed by atoms with E-state index in [0.717, 1.165) is 28.4 Å². The average molecular weight is 242 g/mol. The number of para-hydroxylation sites is 1. The van der Waals surface area contributed by atoms with Crippen LogP contribution >= 0.6 is 0 Å². The van der Waals surface area contributed by atoms with Crippen molar-refractivity contribution in [1.82, 2.24) is 4.57 Å². The fraction of sp³-hybridized carbons (Fsp3) is 0.143. The average Bonchev–Trinajstić information content (AvgIpc) is 2.72. The van der Waals surface area contributed by atoms with Gasteiger partial charge in [-0.2, -0.15) is 0 Å². The summed E-state index contributed by atoms with van der Waals surface area (Å²) in [6, 6.07) is 11.6. The van der Waals surface area contributed by atoms with Crippen LogP contribution in [0.25, 0.3) is 21.8 Å². The predicted molar refractivity (Wildman–Crippen MR) is 72.8 cm³/mol. The van der Waals surface area contributed by atoms with Crippen LogP contribution in [-0.4, -0.2) is 9.82 Å². The van der Waals surface area contributed by atoms with Gasteiger partial charge in [0.2, 0.25) is 0 Å². The van der Waals surface area contributed by atoms with Gasteiger partial charge in [0.15, 0.2) is 5.75 Å². The monoisotopic (exact) mass is 242 g/mol. The number of nitrogens with zero attached hydrogens (tertiary/aromatic N) is 1. The van der Waals surface area contributed by atoms with Gasteiger partial charge in [-0.25, -0.2) is 5.26 Å². The summed E-state index contributed by atoms with van der Waals surface area (Å²) in [7, 11) is 0. The third-order valence-corrected chi connectivity index (χ3v) is 3.27. The number of rotatable bonds is 2. The SMILES string of the molecule is CCn1c2ccccc2c2cc(N)cc(OO)c21. The van der Waals surface area contributed by atoms with Crippen molar-refractivity contribution >= 4 is 27.5 Å². The first kappa shape index (κ1) is 10.9. The van der Waals surface area contributed by atoms with Gasteiger partial charge in [0.1, 0.15) is 0 Å². The molecule has 0 saturated heterocycles. The fourth-order valence-corrected chi connectivity index (χ4v) is 2.57. The summed E-state index contributed by atoms with van der Waals surface area (Å²) in [6.07, 6.45) is 0. The molecule has 0 spiro atoms. The van der Waals surface area contributed by atoms with Gasteiger partial charge in [-0.3, -0.25) is 0 Å². The molecule has 1 aromatic heterocycles. The number of benzene rings is 2. The number of nitrogens with two attached hydrogens (primary N) is 1. The summed E-state index contributed by atoms with van der Waals surface area (Å²) in [5.41, 5.74) is 8.40. The van der Waals surface area contributed by atoms with Crippen molar-refractivity contribution in [2.24, 2.45) is 0 Å².